The third kappa shape index (κ3) is 3.67. The zero-order chi connectivity index (χ0) is 15.8. The standard InChI is InChI=1S/C21H30/c1-14(2)15(3)10-18-12-19-13-20(21(5,6)7)9-8-17(19)11-16(18)4/h10-12,20H,1,8-9,13H2,2-7H3/b15-10+/t20-/m0/s1. The zero-order valence-corrected chi connectivity index (χ0v) is 14.6. The maximum Gasteiger partial charge on any atom is -0.0222 e. The average Bonchev–Trinajstić information content (AvgIpc) is 2.37. The molecule has 2 rings (SSSR count). The van der Waals surface area contributed by atoms with Crippen molar-refractivity contribution in [3.8, 4) is 0 Å². The Morgan fingerprint density at radius 1 is 1.19 bits per heavy atom. The van der Waals surface area contributed by atoms with E-state index >= 15 is 0 Å². The minimum atomic E-state index is 0.409. The molecule has 0 aromatic heterocycles. The van der Waals surface area contributed by atoms with Crippen LogP contribution in [0.4, 0.5) is 0 Å². The molecule has 0 unspecified atom stereocenters. The molecule has 0 N–H and O–H groups in total. The number of allylic oxidation sites excluding steroid dienone is 2. The summed E-state index contributed by atoms with van der Waals surface area (Å²) in [6, 6.07) is 4.83. The Hall–Kier alpha value is -1.30. The van der Waals surface area contributed by atoms with Crippen LogP contribution >= 0.6 is 0 Å². The largest absolute Gasteiger partial charge is 0.0958 e. The van der Waals surface area contributed by atoms with Gasteiger partial charge in [0.05, 0.1) is 0 Å². The SMILES string of the molecule is C=C(C)/C(C)=C/c1cc2c(cc1C)CC[C@H](C(C)(C)C)C2. The topological polar surface area (TPSA) is 0 Å². The van der Waals surface area contributed by atoms with Gasteiger partial charge < -0.3 is 0 Å². The van der Waals surface area contributed by atoms with E-state index in [1.807, 2.05) is 0 Å². The Bertz CT molecular complexity index is 579. The number of aryl methyl sites for hydroxylation is 2. The first-order chi connectivity index (χ1) is 9.68. The van der Waals surface area contributed by atoms with Crippen LogP contribution in [-0.2, 0) is 12.8 Å². The highest BCUT2D eigenvalue weighted by Crippen LogP contribution is 2.38. The molecule has 0 heteroatoms. The van der Waals surface area contributed by atoms with Gasteiger partial charge in [-0.2, -0.15) is 0 Å². The highest BCUT2D eigenvalue weighted by atomic mass is 14.3. The second-order valence-corrected chi connectivity index (χ2v) is 7.89. The van der Waals surface area contributed by atoms with Crippen molar-refractivity contribution in [3.05, 3.63) is 52.1 Å². The van der Waals surface area contributed by atoms with Gasteiger partial charge in [-0.15, -0.1) is 0 Å². The second kappa shape index (κ2) is 5.83. The summed E-state index contributed by atoms with van der Waals surface area (Å²) >= 11 is 0. The van der Waals surface area contributed by atoms with E-state index in [9.17, 15) is 0 Å². The van der Waals surface area contributed by atoms with Crippen LogP contribution in [0, 0.1) is 18.3 Å². The Balaban J connectivity index is 2.37. The zero-order valence-electron chi connectivity index (χ0n) is 14.6. The van der Waals surface area contributed by atoms with Gasteiger partial charge in [0, 0.05) is 0 Å². The van der Waals surface area contributed by atoms with E-state index in [4.69, 9.17) is 0 Å². The molecule has 1 aliphatic rings. The molecule has 0 bridgehead atoms. The van der Waals surface area contributed by atoms with Crippen molar-refractivity contribution in [2.75, 3.05) is 0 Å². The van der Waals surface area contributed by atoms with Crippen LogP contribution in [0.25, 0.3) is 6.08 Å². The van der Waals surface area contributed by atoms with Gasteiger partial charge in [-0.25, -0.2) is 0 Å². The molecule has 0 heterocycles. The highest BCUT2D eigenvalue weighted by Gasteiger charge is 2.28. The van der Waals surface area contributed by atoms with Crippen molar-refractivity contribution in [3.63, 3.8) is 0 Å². The Morgan fingerprint density at radius 2 is 1.86 bits per heavy atom. The van der Waals surface area contributed by atoms with Gasteiger partial charge in [0.25, 0.3) is 0 Å². The van der Waals surface area contributed by atoms with Gasteiger partial charge in [0.2, 0.25) is 0 Å². The van der Waals surface area contributed by atoms with E-state index in [0.29, 0.717) is 5.41 Å². The third-order valence-corrected chi connectivity index (χ3v) is 5.09. The molecule has 21 heavy (non-hydrogen) atoms. The van der Waals surface area contributed by atoms with Gasteiger partial charge in [-0.3, -0.25) is 0 Å². The molecular weight excluding hydrogens is 252 g/mol. The summed E-state index contributed by atoms with van der Waals surface area (Å²) < 4.78 is 0. The average molecular weight is 282 g/mol. The Labute approximate surface area is 131 Å². The van der Waals surface area contributed by atoms with E-state index in [2.05, 4.69) is 66.3 Å². The molecular formula is C21H30. The van der Waals surface area contributed by atoms with Crippen LogP contribution in [0.5, 0.6) is 0 Å². The monoisotopic (exact) mass is 282 g/mol. The molecule has 0 nitrogen and oxygen atoms in total. The molecule has 0 aliphatic heterocycles. The normalized spacial score (nSPS) is 19.3. The number of benzene rings is 1. The molecule has 0 amide bonds. The molecule has 0 spiro atoms. The van der Waals surface area contributed by atoms with Crippen molar-refractivity contribution >= 4 is 6.08 Å². The lowest BCUT2D eigenvalue weighted by molar-refractivity contribution is 0.216. The van der Waals surface area contributed by atoms with E-state index in [1.165, 1.54) is 36.0 Å². The molecule has 1 atom stereocenters. The molecule has 114 valence electrons. The fraction of sp³-hybridized carbons (Fsp3) is 0.524. The van der Waals surface area contributed by atoms with Crippen LogP contribution in [0.2, 0.25) is 0 Å². The molecule has 0 saturated carbocycles. The third-order valence-electron chi connectivity index (χ3n) is 5.09. The quantitative estimate of drug-likeness (QED) is 0.573. The molecule has 1 aromatic carbocycles. The minimum absolute atomic E-state index is 0.409. The minimum Gasteiger partial charge on any atom is -0.0958 e. The van der Waals surface area contributed by atoms with Crippen LogP contribution in [0.1, 0.15) is 63.3 Å². The summed E-state index contributed by atoms with van der Waals surface area (Å²) in [5.41, 5.74) is 8.73. The van der Waals surface area contributed by atoms with E-state index in [0.717, 1.165) is 11.5 Å². The summed E-state index contributed by atoms with van der Waals surface area (Å²) in [5.74, 6) is 0.798. The Kier molecular flexibility index (Phi) is 4.46. The Morgan fingerprint density at radius 3 is 2.43 bits per heavy atom. The van der Waals surface area contributed by atoms with Gasteiger partial charge >= 0.3 is 0 Å². The maximum absolute atomic E-state index is 4.04. The van der Waals surface area contributed by atoms with E-state index in [1.54, 1.807) is 11.1 Å². The summed E-state index contributed by atoms with van der Waals surface area (Å²) in [7, 11) is 0. The maximum atomic E-state index is 4.04. The summed E-state index contributed by atoms with van der Waals surface area (Å²) in [5, 5.41) is 0. The van der Waals surface area contributed by atoms with Crippen molar-refractivity contribution in [2.24, 2.45) is 11.3 Å². The summed E-state index contributed by atoms with van der Waals surface area (Å²) in [6.45, 7) is 17.6. The molecule has 0 saturated heterocycles. The van der Waals surface area contributed by atoms with Gasteiger partial charge in [-0.1, -0.05) is 51.1 Å². The lowest BCUT2D eigenvalue weighted by Gasteiger charge is -2.35. The second-order valence-electron chi connectivity index (χ2n) is 7.89. The van der Waals surface area contributed by atoms with Crippen LogP contribution in [0.3, 0.4) is 0 Å². The van der Waals surface area contributed by atoms with Gasteiger partial charge in [0.15, 0.2) is 0 Å². The van der Waals surface area contributed by atoms with E-state index in [-0.39, 0.29) is 0 Å². The van der Waals surface area contributed by atoms with Crippen molar-refractivity contribution in [1.29, 1.82) is 0 Å². The first-order valence-electron chi connectivity index (χ1n) is 8.15. The predicted molar refractivity (Wildman–Crippen MR) is 94.6 cm³/mol. The fourth-order valence-electron chi connectivity index (χ4n) is 3.20. The smallest absolute Gasteiger partial charge is 0.0222 e. The predicted octanol–water partition coefficient (Wildman–Crippen LogP) is 6.13. The van der Waals surface area contributed by atoms with Crippen LogP contribution < -0.4 is 0 Å². The van der Waals surface area contributed by atoms with Crippen LogP contribution in [0.15, 0.2) is 29.9 Å². The lowest BCUT2D eigenvalue weighted by atomic mass is 9.70. The first-order valence-corrected chi connectivity index (χ1v) is 8.15. The number of hydrogen-bond acceptors (Lipinski definition) is 0. The first kappa shape index (κ1) is 16.1. The van der Waals surface area contributed by atoms with Crippen molar-refractivity contribution in [1.82, 2.24) is 0 Å². The number of hydrogen-bond donors (Lipinski definition) is 0. The molecule has 0 radical (unpaired) electrons. The van der Waals surface area contributed by atoms with E-state index < -0.39 is 0 Å². The lowest BCUT2D eigenvalue weighted by Crippen LogP contribution is -2.27. The van der Waals surface area contributed by atoms with Crippen molar-refractivity contribution < 1.29 is 0 Å². The highest BCUT2D eigenvalue weighted by molar-refractivity contribution is 5.62. The summed E-state index contributed by atoms with van der Waals surface area (Å²) in [6.07, 6.45) is 6.09. The van der Waals surface area contributed by atoms with Gasteiger partial charge in [0.1, 0.15) is 0 Å². The fourth-order valence-corrected chi connectivity index (χ4v) is 3.20. The molecule has 0 fully saturated rings. The molecule has 1 aromatic rings. The van der Waals surface area contributed by atoms with Gasteiger partial charge in [-0.05, 0) is 79.2 Å². The molecule has 1 aliphatic carbocycles. The number of fused-ring (bicyclic) bond motifs is 1. The summed E-state index contributed by atoms with van der Waals surface area (Å²) in [4.78, 5) is 0. The number of rotatable bonds is 2. The van der Waals surface area contributed by atoms with Crippen molar-refractivity contribution in [2.45, 2.75) is 60.8 Å². The van der Waals surface area contributed by atoms with Crippen LogP contribution in [-0.4, -0.2) is 0 Å².